The molecule has 184 valence electrons. The summed E-state index contributed by atoms with van der Waals surface area (Å²) in [4.78, 5) is 13.9. The van der Waals surface area contributed by atoms with Crippen molar-refractivity contribution in [2.45, 2.75) is 45.2 Å². The van der Waals surface area contributed by atoms with Crippen LogP contribution in [0.1, 0.15) is 48.8 Å². The first-order valence-corrected chi connectivity index (χ1v) is 12.2. The van der Waals surface area contributed by atoms with Crippen molar-refractivity contribution in [2.75, 3.05) is 19.1 Å². The minimum Gasteiger partial charge on any atom is -0.497 e. The smallest absolute Gasteiger partial charge is 0.303 e. The summed E-state index contributed by atoms with van der Waals surface area (Å²) in [7, 11) is 3.31. The van der Waals surface area contributed by atoms with E-state index in [2.05, 4.69) is 42.2 Å². The third-order valence-electron chi connectivity index (χ3n) is 7.04. The maximum atomic E-state index is 11.7. The van der Waals surface area contributed by atoms with Crippen LogP contribution in [0.3, 0.4) is 0 Å². The van der Waals surface area contributed by atoms with Crippen LogP contribution in [0.5, 0.6) is 11.5 Å². The lowest BCUT2D eigenvalue weighted by Crippen LogP contribution is -2.23. The molecular formula is C29H32ClNO4. The van der Waals surface area contributed by atoms with E-state index in [1.807, 2.05) is 36.4 Å². The Morgan fingerprint density at radius 1 is 0.943 bits per heavy atom. The number of ether oxygens (including phenoxy) is 2. The average molecular weight is 494 g/mol. The third-order valence-corrected chi connectivity index (χ3v) is 7.36. The Hall–Kier alpha value is -3.18. The number of carboxylic acid groups (broad SMARTS) is 1. The second-order valence-electron chi connectivity index (χ2n) is 9.57. The van der Waals surface area contributed by atoms with Gasteiger partial charge in [-0.25, -0.2) is 0 Å². The first-order chi connectivity index (χ1) is 16.8. The van der Waals surface area contributed by atoms with Gasteiger partial charge in [-0.1, -0.05) is 48.9 Å². The van der Waals surface area contributed by atoms with Gasteiger partial charge in [-0.2, -0.15) is 0 Å². The van der Waals surface area contributed by atoms with E-state index in [0.29, 0.717) is 18.1 Å². The second-order valence-corrected chi connectivity index (χ2v) is 9.97. The van der Waals surface area contributed by atoms with E-state index in [1.54, 1.807) is 14.2 Å². The number of hydrogen-bond acceptors (Lipinski definition) is 4. The van der Waals surface area contributed by atoms with E-state index in [1.165, 1.54) is 0 Å². The SMILES string of the molecule is COc1ccc(CN(Cc2ccc(OC)cc2)c2cc(C(CC(=O)O)C3(C)CC3)ccc2Cl)cc1. The number of anilines is 1. The van der Waals surface area contributed by atoms with Crippen LogP contribution in [0.2, 0.25) is 5.02 Å². The third kappa shape index (κ3) is 6.09. The van der Waals surface area contributed by atoms with Crippen LogP contribution in [-0.4, -0.2) is 25.3 Å². The zero-order valence-corrected chi connectivity index (χ0v) is 21.2. The Labute approximate surface area is 212 Å². The molecule has 1 atom stereocenters. The van der Waals surface area contributed by atoms with Crippen LogP contribution in [0.4, 0.5) is 5.69 Å². The summed E-state index contributed by atoms with van der Waals surface area (Å²) in [6, 6.07) is 22.0. The summed E-state index contributed by atoms with van der Waals surface area (Å²) in [5.41, 5.74) is 4.20. The van der Waals surface area contributed by atoms with Gasteiger partial charge in [0.2, 0.25) is 0 Å². The van der Waals surface area contributed by atoms with Crippen molar-refractivity contribution >= 4 is 23.3 Å². The second kappa shape index (κ2) is 10.6. The molecule has 1 saturated carbocycles. The van der Waals surface area contributed by atoms with Crippen LogP contribution in [0, 0.1) is 5.41 Å². The number of halogens is 1. The molecule has 5 nitrogen and oxygen atoms in total. The molecule has 0 heterocycles. The van der Waals surface area contributed by atoms with E-state index in [-0.39, 0.29) is 17.8 Å². The first kappa shape index (κ1) is 24.9. The van der Waals surface area contributed by atoms with Gasteiger partial charge in [-0.05, 0) is 77.3 Å². The van der Waals surface area contributed by atoms with Gasteiger partial charge in [-0.3, -0.25) is 4.79 Å². The van der Waals surface area contributed by atoms with Gasteiger partial charge in [0.15, 0.2) is 0 Å². The lowest BCUT2D eigenvalue weighted by molar-refractivity contribution is -0.137. The quantitative estimate of drug-likeness (QED) is 0.314. The molecule has 0 spiro atoms. The number of rotatable bonds is 11. The van der Waals surface area contributed by atoms with Crippen LogP contribution in [0.15, 0.2) is 66.7 Å². The fourth-order valence-corrected chi connectivity index (χ4v) is 4.84. The minimum absolute atomic E-state index is 0.0281. The Bertz CT molecular complexity index is 1110. The lowest BCUT2D eigenvalue weighted by Gasteiger charge is -2.29. The molecule has 3 aromatic carbocycles. The predicted molar refractivity (Wildman–Crippen MR) is 140 cm³/mol. The molecule has 0 aliphatic heterocycles. The zero-order chi connectivity index (χ0) is 25.0. The largest absolute Gasteiger partial charge is 0.497 e. The topological polar surface area (TPSA) is 59.0 Å². The molecule has 1 fully saturated rings. The molecule has 1 aliphatic rings. The monoisotopic (exact) mass is 493 g/mol. The van der Waals surface area contributed by atoms with Crippen molar-refractivity contribution in [2.24, 2.45) is 5.41 Å². The van der Waals surface area contributed by atoms with Crippen molar-refractivity contribution < 1.29 is 19.4 Å². The van der Waals surface area contributed by atoms with Gasteiger partial charge < -0.3 is 19.5 Å². The molecule has 0 radical (unpaired) electrons. The van der Waals surface area contributed by atoms with Crippen molar-refractivity contribution in [3.8, 4) is 11.5 Å². The standard InChI is InChI=1S/C29H32ClNO4/c1-29(14-15-29)25(17-28(32)33)22-8-13-26(30)27(16-22)31(18-20-4-9-23(34-2)10-5-20)19-21-6-11-24(35-3)12-7-21/h4-13,16,25H,14-15,17-19H2,1-3H3,(H,32,33). The molecule has 1 N–H and O–H groups in total. The summed E-state index contributed by atoms with van der Waals surface area (Å²) < 4.78 is 10.6. The Balaban J connectivity index is 1.70. The van der Waals surface area contributed by atoms with Gasteiger partial charge in [-0.15, -0.1) is 0 Å². The average Bonchev–Trinajstić information content (AvgIpc) is 3.61. The summed E-state index contributed by atoms with van der Waals surface area (Å²) in [6.07, 6.45) is 2.21. The number of carbonyl (C=O) groups is 1. The van der Waals surface area contributed by atoms with Crippen LogP contribution < -0.4 is 14.4 Å². The number of hydrogen-bond donors (Lipinski definition) is 1. The van der Waals surface area contributed by atoms with Gasteiger partial charge in [0.05, 0.1) is 31.4 Å². The molecule has 3 aromatic rings. The minimum atomic E-state index is -0.770. The molecule has 0 bridgehead atoms. The maximum Gasteiger partial charge on any atom is 0.303 e. The van der Waals surface area contributed by atoms with E-state index in [9.17, 15) is 9.90 Å². The summed E-state index contributed by atoms with van der Waals surface area (Å²) in [5, 5.41) is 10.2. The molecule has 4 rings (SSSR count). The van der Waals surface area contributed by atoms with Gasteiger partial charge in [0, 0.05) is 13.1 Å². The number of carboxylic acids is 1. The molecule has 1 aliphatic carbocycles. The van der Waals surface area contributed by atoms with Crippen LogP contribution >= 0.6 is 11.6 Å². The summed E-state index contributed by atoms with van der Waals surface area (Å²) in [6.45, 7) is 3.46. The molecule has 6 heteroatoms. The molecule has 0 aromatic heterocycles. The molecular weight excluding hydrogens is 462 g/mol. The van der Waals surface area contributed by atoms with E-state index >= 15 is 0 Å². The Morgan fingerprint density at radius 2 is 1.46 bits per heavy atom. The number of benzene rings is 3. The highest BCUT2D eigenvalue weighted by atomic mass is 35.5. The number of nitrogens with zero attached hydrogens (tertiary/aromatic N) is 1. The van der Waals surface area contributed by atoms with Crippen molar-refractivity contribution in [1.82, 2.24) is 0 Å². The zero-order valence-electron chi connectivity index (χ0n) is 20.5. The van der Waals surface area contributed by atoms with Crippen LogP contribution in [0.25, 0.3) is 0 Å². The lowest BCUT2D eigenvalue weighted by atomic mass is 9.82. The summed E-state index contributed by atoms with van der Waals surface area (Å²) >= 11 is 6.76. The highest BCUT2D eigenvalue weighted by molar-refractivity contribution is 6.33. The van der Waals surface area contributed by atoms with Crippen molar-refractivity contribution in [3.63, 3.8) is 0 Å². The van der Waals surface area contributed by atoms with Crippen molar-refractivity contribution in [1.29, 1.82) is 0 Å². The van der Waals surface area contributed by atoms with E-state index in [4.69, 9.17) is 21.1 Å². The van der Waals surface area contributed by atoms with Gasteiger partial charge in [0.1, 0.15) is 11.5 Å². The van der Waals surface area contributed by atoms with E-state index < -0.39 is 5.97 Å². The fraction of sp³-hybridized carbons (Fsp3) is 0.345. The number of methoxy groups -OCH3 is 2. The molecule has 1 unspecified atom stereocenters. The molecule has 0 saturated heterocycles. The Kier molecular flexibility index (Phi) is 7.56. The predicted octanol–water partition coefficient (Wildman–Crippen LogP) is 6.92. The highest BCUT2D eigenvalue weighted by Gasteiger charge is 2.46. The maximum absolute atomic E-state index is 11.7. The molecule has 35 heavy (non-hydrogen) atoms. The first-order valence-electron chi connectivity index (χ1n) is 11.8. The number of aliphatic carboxylic acids is 1. The van der Waals surface area contributed by atoms with Crippen LogP contribution in [-0.2, 0) is 17.9 Å². The fourth-order valence-electron chi connectivity index (χ4n) is 4.60. The summed E-state index contributed by atoms with van der Waals surface area (Å²) in [5.74, 6) is 0.808. The van der Waals surface area contributed by atoms with Gasteiger partial charge >= 0.3 is 5.97 Å². The normalized spacial score (nSPS) is 14.7. The van der Waals surface area contributed by atoms with Gasteiger partial charge in [0.25, 0.3) is 0 Å². The van der Waals surface area contributed by atoms with E-state index in [0.717, 1.165) is 46.7 Å². The molecule has 0 amide bonds. The highest BCUT2D eigenvalue weighted by Crippen LogP contribution is 2.57. The van der Waals surface area contributed by atoms with Crippen molar-refractivity contribution in [3.05, 3.63) is 88.4 Å². The Morgan fingerprint density at radius 3 is 1.89 bits per heavy atom.